The Morgan fingerprint density at radius 3 is 2.18 bits per heavy atom. The molecule has 4 rings (SSSR count). The molecule has 1 unspecified atom stereocenters. The lowest BCUT2D eigenvalue weighted by molar-refractivity contribution is -0.141. The molecule has 0 radical (unpaired) electrons. The molecule has 0 spiro atoms. The van der Waals surface area contributed by atoms with Crippen molar-refractivity contribution in [1.82, 2.24) is 14.5 Å². The molecule has 44 heavy (non-hydrogen) atoms. The van der Waals surface area contributed by atoms with Crippen LogP contribution in [-0.2, 0) is 39.0 Å². The third-order valence-electron chi connectivity index (χ3n) is 8.12. The molecule has 0 aromatic heterocycles. The van der Waals surface area contributed by atoms with Gasteiger partial charge < -0.3 is 15.0 Å². The predicted molar refractivity (Wildman–Crippen MR) is 173 cm³/mol. The first-order valence-corrected chi connectivity index (χ1v) is 17.1. The summed E-state index contributed by atoms with van der Waals surface area (Å²) in [5.74, 6) is 0.416. The average molecular weight is 620 g/mol. The van der Waals surface area contributed by atoms with E-state index in [4.69, 9.17) is 4.74 Å². The van der Waals surface area contributed by atoms with Crippen LogP contribution in [0.3, 0.4) is 0 Å². The Bertz CT molecular complexity index is 1440. The zero-order valence-corrected chi connectivity index (χ0v) is 26.7. The number of sulfonamides is 1. The van der Waals surface area contributed by atoms with E-state index < -0.39 is 16.1 Å². The van der Waals surface area contributed by atoms with Gasteiger partial charge in [-0.1, -0.05) is 74.4 Å². The predicted octanol–water partition coefficient (Wildman–Crippen LogP) is 5.36. The lowest BCUT2D eigenvalue weighted by Crippen LogP contribution is -2.50. The number of ether oxygens (including phenoxy) is 1. The van der Waals surface area contributed by atoms with Crippen LogP contribution in [-0.4, -0.2) is 62.2 Å². The Morgan fingerprint density at radius 1 is 0.886 bits per heavy atom. The van der Waals surface area contributed by atoms with Gasteiger partial charge in [0.15, 0.2) is 0 Å². The van der Waals surface area contributed by atoms with Crippen molar-refractivity contribution < 1.29 is 22.7 Å². The minimum Gasteiger partial charge on any atom is -0.497 e. The number of carbonyl (C=O) groups is 2. The van der Waals surface area contributed by atoms with Gasteiger partial charge in [-0.2, -0.15) is 4.31 Å². The molecule has 8 nitrogen and oxygen atoms in total. The number of benzene rings is 3. The Kier molecular flexibility index (Phi) is 12.4. The van der Waals surface area contributed by atoms with Crippen molar-refractivity contribution >= 4 is 21.8 Å². The van der Waals surface area contributed by atoms with E-state index in [1.165, 1.54) is 4.31 Å². The molecular weight excluding hydrogens is 574 g/mol. The molecule has 1 aliphatic heterocycles. The normalized spacial score (nSPS) is 14.2. The number of nitrogens with one attached hydrogen (secondary N) is 1. The molecule has 1 aliphatic rings. The van der Waals surface area contributed by atoms with E-state index in [0.717, 1.165) is 54.5 Å². The molecule has 3 aromatic rings. The third kappa shape index (κ3) is 9.16. The Hall–Kier alpha value is -3.69. The number of amides is 2. The lowest BCUT2D eigenvalue weighted by Gasteiger charge is -2.32. The van der Waals surface area contributed by atoms with Crippen LogP contribution in [0, 0.1) is 0 Å². The van der Waals surface area contributed by atoms with Crippen molar-refractivity contribution in [2.45, 2.75) is 75.8 Å². The smallest absolute Gasteiger partial charge is 0.243 e. The maximum Gasteiger partial charge on any atom is 0.243 e. The van der Waals surface area contributed by atoms with E-state index in [1.807, 2.05) is 54.6 Å². The van der Waals surface area contributed by atoms with Gasteiger partial charge in [-0.3, -0.25) is 9.59 Å². The summed E-state index contributed by atoms with van der Waals surface area (Å²) in [6.07, 6.45) is 5.73. The minimum atomic E-state index is -3.50. The summed E-state index contributed by atoms with van der Waals surface area (Å²) < 4.78 is 32.7. The van der Waals surface area contributed by atoms with Crippen molar-refractivity contribution in [1.29, 1.82) is 0 Å². The highest BCUT2D eigenvalue weighted by Crippen LogP contribution is 2.23. The number of hydrogen-bond donors (Lipinski definition) is 1. The van der Waals surface area contributed by atoms with E-state index in [0.29, 0.717) is 32.5 Å². The third-order valence-corrected chi connectivity index (χ3v) is 10.0. The van der Waals surface area contributed by atoms with E-state index in [9.17, 15) is 18.0 Å². The highest BCUT2D eigenvalue weighted by atomic mass is 32.2. The standard InChI is InChI=1S/C35H45N3O5S/c1-3-4-8-23-36-35(40)33(26-29-11-6-5-7-12-29)38(27-30-13-18-31(43-2)19-14-30)34(39)22-17-28-15-20-32(21-16-28)44(41,42)37-24-9-10-25-37/h5-7,11-16,18-21,33H,3-4,8-10,17,22-27H2,1-2H3,(H,36,40). The van der Waals surface area contributed by atoms with Gasteiger partial charge in [0, 0.05) is 39.0 Å². The maximum absolute atomic E-state index is 14.0. The van der Waals surface area contributed by atoms with Gasteiger partial charge in [0.2, 0.25) is 21.8 Å². The SMILES string of the molecule is CCCCCNC(=O)C(Cc1ccccc1)N(Cc1ccc(OC)cc1)C(=O)CCc1ccc(S(=O)(=O)N2CCCC2)cc1. The second-order valence-corrected chi connectivity index (χ2v) is 13.3. The number of nitrogens with zero attached hydrogens (tertiary/aromatic N) is 2. The summed E-state index contributed by atoms with van der Waals surface area (Å²) in [6.45, 7) is 4.07. The largest absolute Gasteiger partial charge is 0.497 e. The molecule has 1 saturated heterocycles. The van der Waals surface area contributed by atoms with E-state index in [2.05, 4.69) is 12.2 Å². The monoisotopic (exact) mass is 619 g/mol. The summed E-state index contributed by atoms with van der Waals surface area (Å²) in [5, 5.41) is 3.08. The van der Waals surface area contributed by atoms with E-state index in [1.54, 1.807) is 36.3 Å². The van der Waals surface area contributed by atoms with Crippen molar-refractivity contribution in [3.63, 3.8) is 0 Å². The van der Waals surface area contributed by atoms with Crippen molar-refractivity contribution in [3.8, 4) is 5.75 Å². The summed E-state index contributed by atoms with van der Waals surface area (Å²) in [4.78, 5) is 29.6. The second kappa shape index (κ2) is 16.4. The fourth-order valence-corrected chi connectivity index (χ4v) is 7.00. The zero-order valence-electron chi connectivity index (χ0n) is 25.9. The van der Waals surface area contributed by atoms with E-state index >= 15 is 0 Å². The van der Waals surface area contributed by atoms with Gasteiger partial charge in [-0.15, -0.1) is 0 Å². The summed E-state index contributed by atoms with van der Waals surface area (Å²) in [5.41, 5.74) is 2.74. The number of carbonyl (C=O) groups excluding carboxylic acids is 2. The van der Waals surface area contributed by atoms with Crippen molar-refractivity contribution in [2.24, 2.45) is 0 Å². The molecule has 1 fully saturated rings. The molecule has 0 aliphatic carbocycles. The second-order valence-electron chi connectivity index (χ2n) is 11.3. The fourth-order valence-electron chi connectivity index (χ4n) is 5.49. The molecule has 3 aromatic carbocycles. The van der Waals surface area contributed by atoms with Crippen LogP contribution >= 0.6 is 0 Å². The van der Waals surface area contributed by atoms with Gasteiger partial charge in [0.05, 0.1) is 12.0 Å². The van der Waals surface area contributed by atoms with Crippen molar-refractivity contribution in [3.05, 3.63) is 95.6 Å². The molecule has 9 heteroatoms. The topological polar surface area (TPSA) is 96.0 Å². The van der Waals surface area contributed by atoms with Gasteiger partial charge in [0.1, 0.15) is 11.8 Å². The Labute approximate surface area is 262 Å². The van der Waals surface area contributed by atoms with Gasteiger partial charge in [-0.25, -0.2) is 8.42 Å². The molecule has 1 atom stereocenters. The molecule has 2 amide bonds. The highest BCUT2D eigenvalue weighted by Gasteiger charge is 2.30. The summed E-state index contributed by atoms with van der Waals surface area (Å²) in [6, 6.07) is 23.4. The first kappa shape index (κ1) is 33.2. The first-order valence-electron chi connectivity index (χ1n) is 15.6. The van der Waals surface area contributed by atoms with E-state index in [-0.39, 0.29) is 29.7 Å². The average Bonchev–Trinajstić information content (AvgIpc) is 3.61. The van der Waals surface area contributed by atoms with Crippen molar-refractivity contribution in [2.75, 3.05) is 26.7 Å². The Balaban J connectivity index is 1.54. The molecule has 1 N–H and O–H groups in total. The van der Waals surface area contributed by atoms with Crippen LogP contribution in [0.1, 0.15) is 62.1 Å². The molecular formula is C35H45N3O5S. The number of rotatable bonds is 16. The summed E-state index contributed by atoms with van der Waals surface area (Å²) >= 11 is 0. The van der Waals surface area contributed by atoms with Gasteiger partial charge in [0.25, 0.3) is 0 Å². The van der Waals surface area contributed by atoms with Crippen LogP contribution in [0.2, 0.25) is 0 Å². The van der Waals surface area contributed by atoms with Gasteiger partial charge in [-0.05, 0) is 66.6 Å². The molecule has 236 valence electrons. The quantitative estimate of drug-likeness (QED) is 0.218. The highest BCUT2D eigenvalue weighted by molar-refractivity contribution is 7.89. The molecule has 1 heterocycles. The fraction of sp³-hybridized carbons (Fsp3) is 0.429. The van der Waals surface area contributed by atoms with Crippen LogP contribution < -0.4 is 10.1 Å². The lowest BCUT2D eigenvalue weighted by atomic mass is 10.0. The number of aryl methyl sites for hydroxylation is 1. The zero-order chi connectivity index (χ0) is 31.4. The Morgan fingerprint density at radius 2 is 1.55 bits per heavy atom. The maximum atomic E-state index is 14.0. The molecule has 0 saturated carbocycles. The van der Waals surface area contributed by atoms with Crippen LogP contribution in [0.4, 0.5) is 0 Å². The number of unbranched alkanes of at least 4 members (excludes halogenated alkanes) is 2. The first-order chi connectivity index (χ1) is 21.3. The van der Waals surface area contributed by atoms with Crippen LogP contribution in [0.15, 0.2) is 83.8 Å². The number of methoxy groups -OCH3 is 1. The van der Waals surface area contributed by atoms with Crippen LogP contribution in [0.25, 0.3) is 0 Å². The minimum absolute atomic E-state index is 0.140. The summed E-state index contributed by atoms with van der Waals surface area (Å²) in [7, 11) is -1.89. The number of hydrogen-bond acceptors (Lipinski definition) is 5. The molecule has 0 bridgehead atoms. The van der Waals surface area contributed by atoms with Gasteiger partial charge >= 0.3 is 0 Å². The van der Waals surface area contributed by atoms with Crippen LogP contribution in [0.5, 0.6) is 5.75 Å².